The van der Waals surface area contributed by atoms with E-state index in [1.54, 1.807) is 0 Å². The fraction of sp³-hybridized carbons (Fsp3) is 0. The van der Waals surface area contributed by atoms with Crippen molar-refractivity contribution < 1.29 is 0 Å². The second-order valence-corrected chi connectivity index (χ2v) is 9.36. The van der Waals surface area contributed by atoms with Gasteiger partial charge in [0, 0.05) is 16.2 Å². The smallest absolute Gasteiger partial charge is 0.0547 e. The second-order valence-electron chi connectivity index (χ2n) is 9.36. The Kier molecular flexibility index (Phi) is 3.72. The normalized spacial score (nSPS) is 12.0. The fourth-order valence-corrected chi connectivity index (χ4v) is 6.03. The molecule has 0 spiro atoms. The molecule has 0 radical (unpaired) electrons. The molecule has 0 N–H and O–H groups in total. The number of hydrogen-bond donors (Lipinski definition) is 0. The van der Waals surface area contributed by atoms with E-state index in [0.717, 1.165) is 0 Å². The third kappa shape index (κ3) is 2.53. The molecule has 0 saturated carbocycles. The van der Waals surface area contributed by atoms with E-state index in [1.807, 2.05) is 0 Å². The predicted molar refractivity (Wildman–Crippen MR) is 151 cm³/mol. The van der Waals surface area contributed by atoms with Gasteiger partial charge >= 0.3 is 0 Å². The molecule has 0 amide bonds. The van der Waals surface area contributed by atoms with Crippen LogP contribution in [0.5, 0.6) is 0 Å². The fourth-order valence-electron chi connectivity index (χ4n) is 6.03. The largest absolute Gasteiger partial charge is 0.309 e. The maximum atomic E-state index is 2.45. The number of rotatable bonds is 1. The molecule has 1 aromatic heterocycles. The molecule has 1 heterocycles. The summed E-state index contributed by atoms with van der Waals surface area (Å²) >= 11 is 0. The van der Waals surface area contributed by atoms with Crippen LogP contribution >= 0.6 is 0 Å². The lowest BCUT2D eigenvalue weighted by Crippen LogP contribution is -1.95. The zero-order chi connectivity index (χ0) is 22.9. The topological polar surface area (TPSA) is 4.93 Å². The Hall–Kier alpha value is -4.62. The lowest BCUT2D eigenvalue weighted by molar-refractivity contribution is 1.20. The van der Waals surface area contributed by atoms with E-state index in [-0.39, 0.29) is 0 Å². The first-order valence-corrected chi connectivity index (χ1v) is 12.1. The van der Waals surface area contributed by atoms with Gasteiger partial charge in [0.2, 0.25) is 0 Å². The molecule has 0 unspecified atom stereocenters. The Bertz CT molecular complexity index is 2100. The minimum Gasteiger partial charge on any atom is -0.309 e. The van der Waals surface area contributed by atoms with Crippen LogP contribution in [-0.4, -0.2) is 4.57 Å². The van der Waals surface area contributed by atoms with Crippen LogP contribution in [0.4, 0.5) is 0 Å². The van der Waals surface area contributed by atoms with Crippen LogP contribution in [0.3, 0.4) is 0 Å². The first-order valence-electron chi connectivity index (χ1n) is 12.1. The van der Waals surface area contributed by atoms with Crippen LogP contribution in [0.25, 0.3) is 70.6 Å². The van der Waals surface area contributed by atoms with E-state index >= 15 is 0 Å². The van der Waals surface area contributed by atoms with E-state index in [2.05, 4.69) is 132 Å². The molecule has 35 heavy (non-hydrogen) atoms. The summed E-state index contributed by atoms with van der Waals surface area (Å²) in [5.74, 6) is 0. The van der Waals surface area contributed by atoms with Gasteiger partial charge in [-0.15, -0.1) is 0 Å². The van der Waals surface area contributed by atoms with Crippen molar-refractivity contribution >= 4 is 64.9 Å². The summed E-state index contributed by atoms with van der Waals surface area (Å²) in [6.45, 7) is 0. The lowest BCUT2D eigenvalue weighted by atomic mass is 9.93. The van der Waals surface area contributed by atoms with E-state index in [9.17, 15) is 0 Å². The van der Waals surface area contributed by atoms with E-state index in [0.29, 0.717) is 0 Å². The third-order valence-electron chi connectivity index (χ3n) is 7.54. The number of hydrogen-bond acceptors (Lipinski definition) is 0. The second kappa shape index (κ2) is 6.94. The molecule has 1 heteroatoms. The van der Waals surface area contributed by atoms with Crippen molar-refractivity contribution in [1.82, 2.24) is 4.57 Å². The molecule has 0 fully saturated rings. The summed E-state index contributed by atoms with van der Waals surface area (Å²) in [6, 6.07) is 46.6. The number of nitrogens with zero attached hydrogens (tertiary/aromatic N) is 1. The third-order valence-corrected chi connectivity index (χ3v) is 7.54. The number of benzene rings is 7. The van der Waals surface area contributed by atoms with Crippen molar-refractivity contribution in [2.24, 2.45) is 0 Å². The number of para-hydroxylation sites is 1. The van der Waals surface area contributed by atoms with Gasteiger partial charge in [-0.1, -0.05) is 103 Å². The van der Waals surface area contributed by atoms with Crippen molar-refractivity contribution in [3.63, 3.8) is 0 Å². The SMILES string of the molecule is c1ccc2c(-n3c4ccccc4c4cc5c6ccccc6c6ccccc6c5cc43)cccc2c1. The van der Waals surface area contributed by atoms with Gasteiger partial charge in [0.1, 0.15) is 0 Å². The molecule has 0 saturated heterocycles. The Morgan fingerprint density at radius 2 is 0.829 bits per heavy atom. The van der Waals surface area contributed by atoms with Crippen LogP contribution in [0.1, 0.15) is 0 Å². The molecule has 7 aromatic carbocycles. The Balaban J connectivity index is 1.64. The summed E-state index contributed by atoms with van der Waals surface area (Å²) in [6.07, 6.45) is 0. The Labute approximate surface area is 202 Å². The average molecular weight is 444 g/mol. The Morgan fingerprint density at radius 3 is 1.54 bits per heavy atom. The number of fused-ring (bicyclic) bond motifs is 10. The quantitative estimate of drug-likeness (QED) is 0.223. The Morgan fingerprint density at radius 1 is 0.314 bits per heavy atom. The van der Waals surface area contributed by atoms with E-state index < -0.39 is 0 Å². The lowest BCUT2D eigenvalue weighted by Gasteiger charge is -2.13. The summed E-state index contributed by atoms with van der Waals surface area (Å²) in [5.41, 5.74) is 3.71. The maximum absolute atomic E-state index is 2.45. The van der Waals surface area contributed by atoms with Gasteiger partial charge < -0.3 is 4.57 Å². The van der Waals surface area contributed by atoms with Crippen molar-refractivity contribution in [3.05, 3.63) is 127 Å². The van der Waals surface area contributed by atoms with E-state index in [1.165, 1.54) is 70.6 Å². The molecular formula is C34H21N. The molecule has 0 aliphatic heterocycles. The minimum atomic E-state index is 1.22. The van der Waals surface area contributed by atoms with Gasteiger partial charge in [-0.25, -0.2) is 0 Å². The highest BCUT2D eigenvalue weighted by atomic mass is 15.0. The first kappa shape index (κ1) is 18.8. The highest BCUT2D eigenvalue weighted by Crippen LogP contribution is 2.41. The van der Waals surface area contributed by atoms with Crippen LogP contribution in [0.15, 0.2) is 127 Å². The van der Waals surface area contributed by atoms with Crippen molar-refractivity contribution in [2.45, 2.75) is 0 Å². The van der Waals surface area contributed by atoms with Crippen LogP contribution in [0, 0.1) is 0 Å². The molecular weight excluding hydrogens is 422 g/mol. The summed E-state index contributed by atoms with van der Waals surface area (Å²) in [5, 5.41) is 13.0. The zero-order valence-electron chi connectivity index (χ0n) is 19.1. The first-order chi connectivity index (χ1) is 17.4. The maximum Gasteiger partial charge on any atom is 0.0547 e. The van der Waals surface area contributed by atoms with Gasteiger partial charge in [-0.2, -0.15) is 0 Å². The van der Waals surface area contributed by atoms with Gasteiger partial charge in [0.15, 0.2) is 0 Å². The number of aromatic nitrogens is 1. The highest BCUT2D eigenvalue weighted by Gasteiger charge is 2.17. The summed E-state index contributed by atoms with van der Waals surface area (Å²) in [7, 11) is 0. The van der Waals surface area contributed by atoms with Crippen LogP contribution in [0.2, 0.25) is 0 Å². The van der Waals surface area contributed by atoms with Gasteiger partial charge in [0.05, 0.1) is 16.7 Å². The molecule has 162 valence electrons. The summed E-state index contributed by atoms with van der Waals surface area (Å²) < 4.78 is 2.45. The molecule has 8 aromatic rings. The van der Waals surface area contributed by atoms with Crippen molar-refractivity contribution in [1.29, 1.82) is 0 Å². The average Bonchev–Trinajstić information content (AvgIpc) is 3.25. The predicted octanol–water partition coefficient (Wildman–Crippen LogP) is 9.40. The summed E-state index contributed by atoms with van der Waals surface area (Å²) in [4.78, 5) is 0. The van der Waals surface area contributed by atoms with Gasteiger partial charge in [-0.3, -0.25) is 0 Å². The molecule has 0 aliphatic carbocycles. The standard InChI is InChI=1S/C34H21N/c1-2-12-23-22(10-1)11-9-19-32(23)35-33-18-8-7-17-28(33)31-20-29-26-15-5-3-13-24(26)25-14-4-6-16-27(25)30(29)21-34(31)35/h1-21H. The van der Waals surface area contributed by atoms with Crippen molar-refractivity contribution in [3.8, 4) is 5.69 Å². The molecule has 0 aliphatic rings. The van der Waals surface area contributed by atoms with Gasteiger partial charge in [0.25, 0.3) is 0 Å². The van der Waals surface area contributed by atoms with Crippen LogP contribution < -0.4 is 0 Å². The zero-order valence-corrected chi connectivity index (χ0v) is 19.1. The van der Waals surface area contributed by atoms with Gasteiger partial charge in [-0.05, 0) is 62.0 Å². The van der Waals surface area contributed by atoms with Crippen molar-refractivity contribution in [2.75, 3.05) is 0 Å². The molecule has 8 rings (SSSR count). The minimum absolute atomic E-state index is 1.22. The molecule has 1 nitrogen and oxygen atoms in total. The molecule has 0 bridgehead atoms. The van der Waals surface area contributed by atoms with Crippen LogP contribution in [-0.2, 0) is 0 Å². The van der Waals surface area contributed by atoms with E-state index in [4.69, 9.17) is 0 Å². The molecule has 0 atom stereocenters. The monoisotopic (exact) mass is 443 g/mol. The highest BCUT2D eigenvalue weighted by molar-refractivity contribution is 6.28.